The lowest BCUT2D eigenvalue weighted by Crippen LogP contribution is -2.48. The summed E-state index contributed by atoms with van der Waals surface area (Å²) in [4.78, 5) is 26.6. The minimum Gasteiger partial charge on any atom is -0.464 e. The Hall–Kier alpha value is -1.31. The molecule has 0 heterocycles. The molecule has 0 aliphatic rings. The summed E-state index contributed by atoms with van der Waals surface area (Å²) >= 11 is 2.24. The van der Waals surface area contributed by atoms with E-state index in [-0.39, 0.29) is 19.2 Å². The second-order valence-electron chi connectivity index (χ2n) is 6.05. The van der Waals surface area contributed by atoms with Gasteiger partial charge in [-0.15, -0.1) is 0 Å². The number of nitrogens with zero attached hydrogens (tertiary/aromatic N) is 1. The Balaban J connectivity index is 2.98. The molecule has 146 valence electrons. The van der Waals surface area contributed by atoms with Gasteiger partial charge in [0.2, 0.25) is 0 Å². The van der Waals surface area contributed by atoms with Crippen LogP contribution in [0, 0.1) is 3.57 Å². The Morgan fingerprint density at radius 3 is 2.23 bits per heavy atom. The van der Waals surface area contributed by atoms with Gasteiger partial charge in [-0.05, 0) is 60.6 Å². The standard InChI is InChI=1S/C20H30INO4/c1-4-7-8-9-14-22(20(24)26-6-3)18(19(23)25-5-2)15-16-10-12-17(21)13-11-16/h10-13,18H,4-9,14-15H2,1-3H3. The largest absolute Gasteiger partial charge is 0.464 e. The molecular formula is C20H30INO4. The van der Waals surface area contributed by atoms with Crippen LogP contribution in [0.5, 0.6) is 0 Å². The molecule has 0 bridgehead atoms. The minimum absolute atomic E-state index is 0.281. The lowest BCUT2D eigenvalue weighted by molar-refractivity contribution is -0.149. The van der Waals surface area contributed by atoms with Crippen LogP contribution in [0.25, 0.3) is 0 Å². The third kappa shape index (κ3) is 7.93. The van der Waals surface area contributed by atoms with Gasteiger partial charge >= 0.3 is 12.1 Å². The summed E-state index contributed by atoms with van der Waals surface area (Å²) in [5, 5.41) is 0. The predicted octanol–water partition coefficient (Wildman–Crippen LogP) is 4.80. The maximum Gasteiger partial charge on any atom is 0.410 e. The zero-order valence-corrected chi connectivity index (χ0v) is 18.2. The molecule has 1 atom stereocenters. The second-order valence-corrected chi connectivity index (χ2v) is 7.30. The summed E-state index contributed by atoms with van der Waals surface area (Å²) in [5.74, 6) is -0.380. The number of rotatable bonds is 11. The first-order valence-electron chi connectivity index (χ1n) is 9.37. The molecule has 0 saturated heterocycles. The summed E-state index contributed by atoms with van der Waals surface area (Å²) in [6, 6.07) is 7.28. The molecule has 0 aliphatic heterocycles. The molecule has 1 amide bonds. The number of hydrogen-bond acceptors (Lipinski definition) is 4. The van der Waals surface area contributed by atoms with Gasteiger partial charge in [0, 0.05) is 16.5 Å². The van der Waals surface area contributed by atoms with Crippen LogP contribution in [0.1, 0.15) is 52.0 Å². The van der Waals surface area contributed by atoms with Gasteiger partial charge in [-0.3, -0.25) is 4.90 Å². The molecule has 6 heteroatoms. The Bertz CT molecular complexity index is 547. The van der Waals surface area contributed by atoms with Crippen molar-refractivity contribution in [3.8, 4) is 0 Å². The fraction of sp³-hybridized carbons (Fsp3) is 0.600. The molecule has 1 aromatic rings. The summed E-state index contributed by atoms with van der Waals surface area (Å²) in [5.41, 5.74) is 0.992. The van der Waals surface area contributed by atoms with Crippen LogP contribution in [0.4, 0.5) is 4.79 Å². The second kappa shape index (κ2) is 12.9. The first kappa shape index (κ1) is 22.7. The van der Waals surface area contributed by atoms with Gasteiger partial charge in [-0.25, -0.2) is 9.59 Å². The molecule has 5 nitrogen and oxygen atoms in total. The quantitative estimate of drug-likeness (QED) is 0.262. The van der Waals surface area contributed by atoms with Crippen molar-refractivity contribution in [3.05, 3.63) is 33.4 Å². The third-order valence-corrected chi connectivity index (χ3v) is 4.75. The SMILES string of the molecule is CCCCCCN(C(=O)OCC)C(Cc1ccc(I)cc1)C(=O)OCC. The van der Waals surface area contributed by atoms with E-state index in [2.05, 4.69) is 29.5 Å². The van der Waals surface area contributed by atoms with Crippen LogP contribution in [0.3, 0.4) is 0 Å². The fourth-order valence-electron chi connectivity index (χ4n) is 2.69. The maximum absolute atomic E-state index is 12.6. The smallest absolute Gasteiger partial charge is 0.410 e. The van der Waals surface area contributed by atoms with Crippen molar-refractivity contribution in [2.24, 2.45) is 0 Å². The molecule has 0 aliphatic carbocycles. The maximum atomic E-state index is 12.6. The monoisotopic (exact) mass is 475 g/mol. The van der Waals surface area contributed by atoms with E-state index in [9.17, 15) is 9.59 Å². The van der Waals surface area contributed by atoms with Gasteiger partial charge in [0.15, 0.2) is 0 Å². The zero-order chi connectivity index (χ0) is 19.4. The third-order valence-electron chi connectivity index (χ3n) is 4.03. The number of halogens is 1. The molecule has 0 aromatic heterocycles. The Labute approximate surface area is 170 Å². The van der Waals surface area contributed by atoms with Crippen LogP contribution in [0.15, 0.2) is 24.3 Å². The number of carbonyl (C=O) groups excluding carboxylic acids is 2. The molecule has 1 unspecified atom stereocenters. The molecular weight excluding hydrogens is 445 g/mol. The average Bonchev–Trinajstić information content (AvgIpc) is 2.62. The lowest BCUT2D eigenvalue weighted by Gasteiger charge is -2.29. The number of carbonyl (C=O) groups is 2. The average molecular weight is 475 g/mol. The van der Waals surface area contributed by atoms with Crippen LogP contribution in [0.2, 0.25) is 0 Å². The molecule has 26 heavy (non-hydrogen) atoms. The van der Waals surface area contributed by atoms with Crippen molar-refractivity contribution in [1.82, 2.24) is 4.90 Å². The van der Waals surface area contributed by atoms with E-state index >= 15 is 0 Å². The number of unbranched alkanes of at least 4 members (excludes halogenated alkanes) is 3. The van der Waals surface area contributed by atoms with Gasteiger partial charge in [0.05, 0.1) is 13.2 Å². The van der Waals surface area contributed by atoms with E-state index in [0.29, 0.717) is 13.0 Å². The summed E-state index contributed by atoms with van der Waals surface area (Å²) in [6.07, 6.45) is 4.05. The van der Waals surface area contributed by atoms with E-state index < -0.39 is 12.1 Å². The number of hydrogen-bond donors (Lipinski definition) is 0. The van der Waals surface area contributed by atoms with Crippen molar-refractivity contribution in [2.75, 3.05) is 19.8 Å². The van der Waals surface area contributed by atoms with E-state index in [1.807, 2.05) is 24.3 Å². The van der Waals surface area contributed by atoms with Crippen LogP contribution in [-0.2, 0) is 20.7 Å². The number of ether oxygens (including phenoxy) is 2. The highest BCUT2D eigenvalue weighted by Gasteiger charge is 2.31. The van der Waals surface area contributed by atoms with Crippen LogP contribution < -0.4 is 0 Å². The van der Waals surface area contributed by atoms with Crippen molar-refractivity contribution in [2.45, 2.75) is 58.9 Å². The van der Waals surface area contributed by atoms with Crippen molar-refractivity contribution >= 4 is 34.7 Å². The predicted molar refractivity (Wildman–Crippen MR) is 111 cm³/mol. The summed E-state index contributed by atoms with van der Waals surface area (Å²) in [7, 11) is 0. The Morgan fingerprint density at radius 1 is 1.00 bits per heavy atom. The first-order chi connectivity index (χ1) is 12.5. The van der Waals surface area contributed by atoms with Gasteiger partial charge in [0.25, 0.3) is 0 Å². The normalized spacial score (nSPS) is 11.7. The Kier molecular flexibility index (Phi) is 11.3. The van der Waals surface area contributed by atoms with Crippen LogP contribution >= 0.6 is 22.6 Å². The van der Waals surface area contributed by atoms with Gasteiger partial charge in [-0.1, -0.05) is 38.3 Å². The van der Waals surface area contributed by atoms with Gasteiger partial charge in [-0.2, -0.15) is 0 Å². The Morgan fingerprint density at radius 2 is 1.65 bits per heavy atom. The minimum atomic E-state index is -0.671. The molecule has 0 saturated carbocycles. The number of esters is 1. The van der Waals surface area contributed by atoms with Crippen LogP contribution in [-0.4, -0.2) is 42.8 Å². The van der Waals surface area contributed by atoms with E-state index in [1.165, 1.54) is 4.90 Å². The molecule has 0 fully saturated rings. The van der Waals surface area contributed by atoms with Crippen molar-refractivity contribution in [1.29, 1.82) is 0 Å². The van der Waals surface area contributed by atoms with Crippen molar-refractivity contribution < 1.29 is 19.1 Å². The number of benzene rings is 1. The summed E-state index contributed by atoms with van der Waals surface area (Å²) < 4.78 is 11.6. The highest BCUT2D eigenvalue weighted by Crippen LogP contribution is 2.16. The molecule has 1 aromatic carbocycles. The first-order valence-corrected chi connectivity index (χ1v) is 10.5. The van der Waals surface area contributed by atoms with E-state index in [0.717, 1.165) is 34.8 Å². The van der Waals surface area contributed by atoms with E-state index in [1.54, 1.807) is 13.8 Å². The van der Waals surface area contributed by atoms with Gasteiger partial charge in [0.1, 0.15) is 6.04 Å². The molecule has 0 radical (unpaired) electrons. The fourth-order valence-corrected chi connectivity index (χ4v) is 3.05. The van der Waals surface area contributed by atoms with Crippen molar-refractivity contribution in [3.63, 3.8) is 0 Å². The lowest BCUT2D eigenvalue weighted by atomic mass is 10.0. The zero-order valence-electron chi connectivity index (χ0n) is 16.0. The van der Waals surface area contributed by atoms with Gasteiger partial charge < -0.3 is 9.47 Å². The topological polar surface area (TPSA) is 55.8 Å². The molecule has 1 rings (SSSR count). The highest BCUT2D eigenvalue weighted by atomic mass is 127. The summed E-state index contributed by atoms with van der Waals surface area (Å²) in [6.45, 7) is 6.74. The van der Waals surface area contributed by atoms with E-state index in [4.69, 9.17) is 9.47 Å². The highest BCUT2D eigenvalue weighted by molar-refractivity contribution is 14.1. The molecule has 0 spiro atoms. The molecule has 0 N–H and O–H groups in total. The number of amides is 1.